The molecule has 0 saturated carbocycles. The molecule has 160 valence electrons. The van der Waals surface area contributed by atoms with E-state index >= 15 is 0 Å². The molecule has 16 nitrogen and oxygen atoms in total. The first-order valence-electron chi connectivity index (χ1n) is 7.79. The number of H-pyrrole nitrogens is 1. The Labute approximate surface area is 162 Å². The molecule has 0 radical (unpaired) electrons. The summed E-state index contributed by atoms with van der Waals surface area (Å²) in [5.74, 6) is 0. The predicted octanol–water partition coefficient (Wildman–Crippen LogP) is 0.892. The van der Waals surface area contributed by atoms with Gasteiger partial charge < -0.3 is 19.0 Å². The van der Waals surface area contributed by atoms with Crippen molar-refractivity contribution in [3.8, 4) is 0 Å². The fraction of sp³-hybridized carbons (Fsp3) is 0.600. The highest BCUT2D eigenvalue weighted by atomic mass is 31.3. The molecule has 0 spiro atoms. The summed E-state index contributed by atoms with van der Waals surface area (Å²) in [6.45, 7) is 1.08. The van der Waals surface area contributed by atoms with Crippen LogP contribution >= 0.6 is 24.1 Å². The van der Waals surface area contributed by atoms with Gasteiger partial charge in [-0.3, -0.25) is 14.3 Å². The molecule has 2 fully saturated rings. The number of aryl methyl sites for hydroxylation is 1. The summed E-state index contributed by atoms with van der Waals surface area (Å²) < 4.78 is 44.1. The van der Waals surface area contributed by atoms with Crippen LogP contribution in [0.2, 0.25) is 0 Å². The van der Waals surface area contributed by atoms with Crippen molar-refractivity contribution >= 4 is 24.1 Å². The second-order valence-electron chi connectivity index (χ2n) is 5.94. The molecule has 0 amide bonds. The molecule has 1 aromatic rings. The fourth-order valence-electron chi connectivity index (χ4n) is 2.60. The lowest BCUT2D eigenvalue weighted by atomic mass is 10.1. The number of ether oxygens (including phenoxy) is 1. The van der Waals surface area contributed by atoms with E-state index in [1.165, 1.54) is 18.0 Å². The first kappa shape index (κ1) is 22.3. The molecule has 2 aliphatic rings. The smallest absolute Gasteiger partial charge is 0.352 e. The zero-order chi connectivity index (χ0) is 21.4. The van der Waals surface area contributed by atoms with E-state index in [9.17, 15) is 28.5 Å². The largest absolute Gasteiger partial charge is 0.419 e. The fourth-order valence-corrected chi connectivity index (χ4v) is 7.30. The van der Waals surface area contributed by atoms with Crippen LogP contribution in [0, 0.1) is 6.92 Å². The number of nitrogens with one attached hydrogen (secondary N) is 2. The van der Waals surface area contributed by atoms with Gasteiger partial charge in [0.15, 0.2) is 0 Å². The van der Waals surface area contributed by atoms with Crippen LogP contribution in [0.15, 0.2) is 20.9 Å². The van der Waals surface area contributed by atoms with Crippen molar-refractivity contribution < 1.29 is 36.8 Å². The van der Waals surface area contributed by atoms with Crippen molar-refractivity contribution in [1.82, 2.24) is 14.4 Å². The standard InChI is InChI=1S/C10H15N6O10P3/c1-5-3-16(10(18)12-9(5)17)8-2-6(13-14-11)7(24-8)4-23-27-25-28(19,20)15-29(21,22)26-27/h3,6-8H,2,4H2,1H3,(H,12,17,18)(H3,15,19,20,21,22)/t6-,7+,8+/m0/s1. The molecule has 5 atom stereocenters. The van der Waals surface area contributed by atoms with Crippen molar-refractivity contribution in [3.05, 3.63) is 43.0 Å². The Balaban J connectivity index is 1.74. The predicted molar refractivity (Wildman–Crippen MR) is 95.3 cm³/mol. The Kier molecular flexibility index (Phi) is 6.44. The van der Waals surface area contributed by atoms with Crippen molar-refractivity contribution in [2.75, 3.05) is 6.61 Å². The van der Waals surface area contributed by atoms with Crippen molar-refractivity contribution in [3.63, 3.8) is 0 Å². The summed E-state index contributed by atoms with van der Waals surface area (Å²) >= 11 is 0. The molecular formula is C10H15N6O10P3. The van der Waals surface area contributed by atoms with E-state index in [0.717, 1.165) is 4.57 Å². The molecule has 0 aliphatic carbocycles. The van der Waals surface area contributed by atoms with E-state index in [4.69, 9.17) is 14.8 Å². The third kappa shape index (κ3) is 5.40. The van der Waals surface area contributed by atoms with Crippen molar-refractivity contribution in [2.24, 2.45) is 5.11 Å². The number of aromatic amines is 1. The molecule has 2 unspecified atom stereocenters. The Bertz CT molecular complexity index is 1030. The van der Waals surface area contributed by atoms with Crippen molar-refractivity contribution in [2.45, 2.75) is 31.7 Å². The Hall–Kier alpha value is -1.40. The number of hydrogen-bond acceptors (Lipinski definition) is 9. The summed E-state index contributed by atoms with van der Waals surface area (Å²) in [6, 6.07) is -0.816. The minimum absolute atomic E-state index is 0.0572. The van der Waals surface area contributed by atoms with E-state index in [1.54, 1.807) is 0 Å². The van der Waals surface area contributed by atoms with Crippen molar-refractivity contribution in [1.29, 1.82) is 0 Å². The third-order valence-corrected chi connectivity index (χ3v) is 9.03. The molecule has 19 heteroatoms. The van der Waals surface area contributed by atoms with Crippen LogP contribution < -0.4 is 16.1 Å². The van der Waals surface area contributed by atoms with E-state index in [2.05, 4.69) is 23.6 Å². The molecule has 2 aliphatic heterocycles. The first-order valence-corrected chi connectivity index (χ1v) is 12.0. The molecule has 0 bridgehead atoms. The monoisotopic (exact) mass is 472 g/mol. The van der Waals surface area contributed by atoms with E-state index in [-0.39, 0.29) is 12.0 Å². The summed E-state index contributed by atoms with van der Waals surface area (Å²) in [5.41, 5.74) is 7.71. The number of aromatic nitrogens is 2. The van der Waals surface area contributed by atoms with E-state index in [1.807, 2.05) is 0 Å². The molecule has 4 N–H and O–H groups in total. The molecule has 3 rings (SSSR count). The minimum atomic E-state index is -4.62. The number of azide groups is 1. The van der Waals surface area contributed by atoms with Gasteiger partial charge in [0.25, 0.3) is 5.56 Å². The number of hydrogen-bond donors (Lipinski definition) is 4. The summed E-state index contributed by atoms with van der Waals surface area (Å²) in [5, 5.41) is 3.56. The lowest BCUT2D eigenvalue weighted by molar-refractivity contribution is -0.0239. The van der Waals surface area contributed by atoms with Crippen LogP contribution in [0.25, 0.3) is 10.4 Å². The average molecular weight is 472 g/mol. The molecule has 3 heterocycles. The van der Waals surface area contributed by atoms with Gasteiger partial charge in [0, 0.05) is 23.1 Å². The summed E-state index contributed by atoms with van der Waals surface area (Å²) in [6.07, 6.45) is -0.509. The average Bonchev–Trinajstić information content (AvgIpc) is 2.96. The van der Waals surface area contributed by atoms with Crippen LogP contribution in [0.1, 0.15) is 18.2 Å². The van der Waals surface area contributed by atoms with Gasteiger partial charge >= 0.3 is 29.8 Å². The lowest BCUT2D eigenvalue weighted by Crippen LogP contribution is -2.33. The van der Waals surface area contributed by atoms with Gasteiger partial charge in [0.1, 0.15) is 6.23 Å². The second-order valence-corrected chi connectivity index (χ2v) is 10.8. The van der Waals surface area contributed by atoms with Gasteiger partial charge in [0.2, 0.25) is 0 Å². The second kappa shape index (κ2) is 8.38. The molecule has 2 saturated heterocycles. The van der Waals surface area contributed by atoms with Crippen LogP contribution in [-0.2, 0) is 27.0 Å². The van der Waals surface area contributed by atoms with E-state index < -0.39 is 60.3 Å². The highest BCUT2D eigenvalue weighted by Crippen LogP contribution is 2.71. The Morgan fingerprint density at radius 2 is 2.07 bits per heavy atom. The topological polar surface area (TPSA) is 227 Å². The van der Waals surface area contributed by atoms with Crippen LogP contribution in [0.5, 0.6) is 0 Å². The van der Waals surface area contributed by atoms with Crippen LogP contribution in [-0.4, -0.2) is 38.1 Å². The zero-order valence-corrected chi connectivity index (χ0v) is 17.2. The Morgan fingerprint density at radius 1 is 1.41 bits per heavy atom. The van der Waals surface area contributed by atoms with E-state index in [0.29, 0.717) is 0 Å². The maximum atomic E-state index is 12.0. The van der Waals surface area contributed by atoms with Gasteiger partial charge in [-0.15, -0.1) is 4.86 Å². The minimum Gasteiger partial charge on any atom is -0.352 e. The quantitative estimate of drug-likeness (QED) is 0.204. The summed E-state index contributed by atoms with van der Waals surface area (Å²) in [7, 11) is -11.9. The maximum absolute atomic E-state index is 12.0. The van der Waals surface area contributed by atoms with Gasteiger partial charge in [-0.1, -0.05) is 5.11 Å². The zero-order valence-electron chi connectivity index (χ0n) is 14.5. The van der Waals surface area contributed by atoms with Gasteiger partial charge in [-0.25, -0.2) is 22.5 Å². The third-order valence-electron chi connectivity index (χ3n) is 3.81. The molecule has 0 aromatic carbocycles. The Morgan fingerprint density at radius 3 is 2.69 bits per heavy atom. The molecule has 29 heavy (non-hydrogen) atoms. The highest BCUT2D eigenvalue weighted by molar-refractivity contribution is 7.76. The van der Waals surface area contributed by atoms with Gasteiger partial charge in [0.05, 0.1) is 18.8 Å². The number of rotatable bonds is 5. The molecular weight excluding hydrogens is 457 g/mol. The first-order chi connectivity index (χ1) is 13.5. The molecule has 1 aromatic heterocycles. The van der Waals surface area contributed by atoms with Crippen LogP contribution in [0.3, 0.4) is 0 Å². The normalized spacial score (nSPS) is 37.2. The lowest BCUT2D eigenvalue weighted by Gasteiger charge is -2.28. The highest BCUT2D eigenvalue weighted by Gasteiger charge is 2.46. The summed E-state index contributed by atoms with van der Waals surface area (Å²) in [4.78, 5) is 48.5. The number of nitrogens with zero attached hydrogens (tertiary/aromatic N) is 4. The SMILES string of the molecule is Cc1cn([C@H]2C[C@H](N=[N+]=[N-])[C@@H](COP3OP(=O)(O)NP(=O)(O)O3)O2)c(=O)[nH]c1=O. The van der Waals surface area contributed by atoms with Gasteiger partial charge in [-0.2, -0.15) is 0 Å². The van der Waals surface area contributed by atoms with Gasteiger partial charge in [-0.05, 0) is 12.5 Å². The van der Waals surface area contributed by atoms with Crippen LogP contribution in [0.4, 0.5) is 0 Å². The maximum Gasteiger partial charge on any atom is 0.419 e.